The van der Waals surface area contributed by atoms with Crippen molar-refractivity contribution in [1.82, 2.24) is 5.32 Å². The number of nitrogens with one attached hydrogen (secondary N) is 1. The first-order chi connectivity index (χ1) is 6.15. The first-order valence-electron chi connectivity index (χ1n) is 4.27. The third kappa shape index (κ3) is 2.71. The van der Waals surface area contributed by atoms with Crippen LogP contribution in [0.4, 0.5) is 0 Å². The lowest BCUT2D eigenvalue weighted by molar-refractivity contribution is 0.470. The molecule has 1 aromatic rings. The first kappa shape index (κ1) is 10.5. The number of hydrogen-bond acceptors (Lipinski definition) is 2. The summed E-state index contributed by atoms with van der Waals surface area (Å²) in [5.41, 5.74) is 2.23. The van der Waals surface area contributed by atoms with Gasteiger partial charge in [-0.3, -0.25) is 0 Å². The van der Waals surface area contributed by atoms with Crippen LogP contribution in [0.1, 0.15) is 11.1 Å². The summed E-state index contributed by atoms with van der Waals surface area (Å²) in [6.45, 7) is 2.91. The van der Waals surface area contributed by atoms with Gasteiger partial charge in [-0.05, 0) is 60.1 Å². The van der Waals surface area contributed by atoms with Gasteiger partial charge in [0.25, 0.3) is 0 Å². The summed E-state index contributed by atoms with van der Waals surface area (Å²) in [4.78, 5) is 0. The average Bonchev–Trinajstić information content (AvgIpc) is 2.10. The van der Waals surface area contributed by atoms with Crippen molar-refractivity contribution in [3.63, 3.8) is 0 Å². The van der Waals surface area contributed by atoms with E-state index >= 15 is 0 Å². The predicted octanol–water partition coefficient (Wildman–Crippen LogP) is 2.23. The van der Waals surface area contributed by atoms with E-state index < -0.39 is 0 Å². The monoisotopic (exact) mass is 243 g/mol. The Labute approximate surface area is 87.1 Å². The van der Waals surface area contributed by atoms with E-state index in [2.05, 4.69) is 27.3 Å². The Balaban J connectivity index is 2.86. The molecule has 0 aliphatic rings. The van der Waals surface area contributed by atoms with Gasteiger partial charge in [0.1, 0.15) is 5.75 Å². The van der Waals surface area contributed by atoms with Crippen LogP contribution in [0.3, 0.4) is 0 Å². The zero-order chi connectivity index (χ0) is 9.84. The Kier molecular flexibility index (Phi) is 3.75. The minimum absolute atomic E-state index is 0.325. The molecule has 13 heavy (non-hydrogen) atoms. The van der Waals surface area contributed by atoms with E-state index in [-0.39, 0.29) is 0 Å². The molecule has 0 saturated carbocycles. The molecule has 3 heteroatoms. The number of likely N-dealkylation sites (N-methyl/N-ethyl adjacent to an activating group) is 1. The van der Waals surface area contributed by atoms with Gasteiger partial charge in [0.05, 0.1) is 4.47 Å². The van der Waals surface area contributed by atoms with Crippen molar-refractivity contribution in [2.45, 2.75) is 13.3 Å². The third-order valence-electron chi connectivity index (χ3n) is 1.96. The zero-order valence-corrected chi connectivity index (χ0v) is 9.48. The number of halogens is 1. The summed E-state index contributed by atoms with van der Waals surface area (Å²) < 4.78 is 0.792. The van der Waals surface area contributed by atoms with Gasteiger partial charge in [0, 0.05) is 0 Å². The molecule has 0 bridgehead atoms. The lowest BCUT2D eigenvalue weighted by Crippen LogP contribution is -2.10. The minimum Gasteiger partial charge on any atom is -0.507 e. The number of phenols is 1. The highest BCUT2D eigenvalue weighted by Gasteiger charge is 2.03. The topological polar surface area (TPSA) is 32.3 Å². The fourth-order valence-corrected chi connectivity index (χ4v) is 1.47. The maximum absolute atomic E-state index is 9.51. The van der Waals surface area contributed by atoms with Gasteiger partial charge in [0.2, 0.25) is 0 Å². The van der Waals surface area contributed by atoms with Crippen molar-refractivity contribution in [3.8, 4) is 5.75 Å². The minimum atomic E-state index is 0.325. The highest BCUT2D eigenvalue weighted by Crippen LogP contribution is 2.28. The maximum atomic E-state index is 9.51. The van der Waals surface area contributed by atoms with Crippen LogP contribution in [-0.4, -0.2) is 18.7 Å². The summed E-state index contributed by atoms with van der Waals surface area (Å²) >= 11 is 3.32. The van der Waals surface area contributed by atoms with Gasteiger partial charge in [-0.1, -0.05) is 6.07 Å². The van der Waals surface area contributed by atoms with Crippen molar-refractivity contribution < 1.29 is 5.11 Å². The van der Waals surface area contributed by atoms with Gasteiger partial charge in [-0.15, -0.1) is 0 Å². The Morgan fingerprint density at radius 1 is 1.46 bits per heavy atom. The lowest BCUT2D eigenvalue weighted by atomic mass is 10.1. The average molecular weight is 244 g/mol. The molecule has 0 saturated heterocycles. The number of benzene rings is 1. The maximum Gasteiger partial charge on any atom is 0.130 e. The molecule has 0 spiro atoms. The fraction of sp³-hybridized carbons (Fsp3) is 0.400. The normalized spacial score (nSPS) is 10.4. The second-order valence-electron chi connectivity index (χ2n) is 3.10. The SMILES string of the molecule is CNCCc1cc(C)c(Br)c(O)c1. The van der Waals surface area contributed by atoms with Crippen LogP contribution >= 0.6 is 15.9 Å². The highest BCUT2D eigenvalue weighted by atomic mass is 79.9. The van der Waals surface area contributed by atoms with Gasteiger partial charge >= 0.3 is 0 Å². The van der Waals surface area contributed by atoms with E-state index in [1.807, 2.05) is 14.0 Å². The predicted molar refractivity (Wildman–Crippen MR) is 58.2 cm³/mol. The number of aryl methyl sites for hydroxylation is 1. The molecule has 2 nitrogen and oxygen atoms in total. The number of aromatic hydroxyl groups is 1. The van der Waals surface area contributed by atoms with Crippen LogP contribution in [0, 0.1) is 6.92 Å². The number of rotatable bonds is 3. The van der Waals surface area contributed by atoms with Crippen LogP contribution in [0.2, 0.25) is 0 Å². The summed E-state index contributed by atoms with van der Waals surface area (Å²) in [5, 5.41) is 12.6. The number of hydrogen-bond donors (Lipinski definition) is 2. The molecular formula is C10H14BrNO. The van der Waals surface area contributed by atoms with Crippen molar-refractivity contribution in [2.75, 3.05) is 13.6 Å². The molecule has 0 aliphatic carbocycles. The molecule has 1 rings (SSSR count). The number of phenolic OH excluding ortho intramolecular Hbond substituents is 1. The van der Waals surface area contributed by atoms with Crippen LogP contribution in [0.15, 0.2) is 16.6 Å². The standard InChI is InChI=1S/C10H14BrNO/c1-7-5-8(3-4-12-2)6-9(13)10(7)11/h5-6,12-13H,3-4H2,1-2H3. The second kappa shape index (κ2) is 4.63. The molecule has 0 aromatic heterocycles. The van der Waals surface area contributed by atoms with Crippen molar-refractivity contribution in [2.24, 2.45) is 0 Å². The molecule has 0 amide bonds. The molecular weight excluding hydrogens is 230 g/mol. The van der Waals surface area contributed by atoms with Gasteiger partial charge in [0.15, 0.2) is 0 Å². The van der Waals surface area contributed by atoms with Crippen LogP contribution in [0.5, 0.6) is 5.75 Å². The van der Waals surface area contributed by atoms with Crippen LogP contribution in [0.25, 0.3) is 0 Å². The van der Waals surface area contributed by atoms with E-state index in [0.29, 0.717) is 5.75 Å². The van der Waals surface area contributed by atoms with Crippen molar-refractivity contribution >= 4 is 15.9 Å². The third-order valence-corrected chi connectivity index (χ3v) is 2.99. The van der Waals surface area contributed by atoms with E-state index in [4.69, 9.17) is 0 Å². The van der Waals surface area contributed by atoms with Gasteiger partial charge in [-0.25, -0.2) is 0 Å². The molecule has 0 atom stereocenters. The van der Waals surface area contributed by atoms with Crippen molar-refractivity contribution in [1.29, 1.82) is 0 Å². The van der Waals surface area contributed by atoms with Gasteiger partial charge in [-0.2, -0.15) is 0 Å². The van der Waals surface area contributed by atoms with Crippen LogP contribution < -0.4 is 5.32 Å². The van der Waals surface area contributed by atoms with Crippen LogP contribution in [-0.2, 0) is 6.42 Å². The van der Waals surface area contributed by atoms with Crippen molar-refractivity contribution in [3.05, 3.63) is 27.7 Å². The van der Waals surface area contributed by atoms with E-state index in [9.17, 15) is 5.11 Å². The largest absolute Gasteiger partial charge is 0.507 e. The molecule has 0 fully saturated rings. The highest BCUT2D eigenvalue weighted by molar-refractivity contribution is 9.10. The molecule has 72 valence electrons. The molecule has 0 radical (unpaired) electrons. The molecule has 2 N–H and O–H groups in total. The summed E-state index contributed by atoms with van der Waals surface area (Å²) in [5.74, 6) is 0.325. The van der Waals surface area contributed by atoms with Gasteiger partial charge < -0.3 is 10.4 Å². The molecule has 0 unspecified atom stereocenters. The summed E-state index contributed by atoms with van der Waals surface area (Å²) in [7, 11) is 1.92. The Hall–Kier alpha value is -0.540. The Morgan fingerprint density at radius 3 is 2.69 bits per heavy atom. The molecule has 1 aromatic carbocycles. The fourth-order valence-electron chi connectivity index (χ4n) is 1.24. The Bertz CT molecular complexity index is 276. The lowest BCUT2D eigenvalue weighted by Gasteiger charge is -2.06. The summed E-state index contributed by atoms with van der Waals surface area (Å²) in [6.07, 6.45) is 0.943. The first-order valence-corrected chi connectivity index (χ1v) is 5.07. The second-order valence-corrected chi connectivity index (χ2v) is 3.89. The van der Waals surface area contributed by atoms with E-state index in [0.717, 1.165) is 28.6 Å². The molecule has 0 heterocycles. The Morgan fingerprint density at radius 2 is 2.15 bits per heavy atom. The quantitative estimate of drug-likeness (QED) is 0.854. The zero-order valence-electron chi connectivity index (χ0n) is 7.89. The van der Waals surface area contributed by atoms with E-state index in [1.54, 1.807) is 6.07 Å². The molecule has 0 aliphatic heterocycles. The smallest absolute Gasteiger partial charge is 0.130 e. The van der Waals surface area contributed by atoms with E-state index in [1.165, 1.54) is 0 Å². The summed E-state index contributed by atoms with van der Waals surface area (Å²) in [6, 6.07) is 3.88.